The predicted octanol–water partition coefficient (Wildman–Crippen LogP) is 3.82. The van der Waals surface area contributed by atoms with E-state index in [1.165, 1.54) is 19.3 Å². The first kappa shape index (κ1) is 15.0. The Morgan fingerprint density at radius 2 is 2.10 bits per heavy atom. The van der Waals surface area contributed by atoms with E-state index in [0.29, 0.717) is 12.0 Å². The first-order chi connectivity index (χ1) is 9.49. The lowest BCUT2D eigenvalue weighted by Gasteiger charge is -2.33. The maximum atomic E-state index is 11.0. The zero-order valence-corrected chi connectivity index (χ0v) is 12.6. The number of nitro groups is 1. The molecule has 1 aromatic carbocycles. The van der Waals surface area contributed by atoms with Crippen LogP contribution in [0.15, 0.2) is 18.2 Å². The maximum absolute atomic E-state index is 11.0. The molecule has 0 radical (unpaired) electrons. The van der Waals surface area contributed by atoms with Crippen LogP contribution in [0.4, 0.5) is 5.69 Å². The van der Waals surface area contributed by atoms with Gasteiger partial charge in [0.1, 0.15) is 0 Å². The highest BCUT2D eigenvalue weighted by molar-refractivity contribution is 5.44. The molecule has 3 atom stereocenters. The predicted molar refractivity (Wildman–Crippen MR) is 80.6 cm³/mol. The molecular formula is C16H24N2O2. The summed E-state index contributed by atoms with van der Waals surface area (Å²) >= 11 is 0. The molecule has 4 nitrogen and oxygen atoms in total. The van der Waals surface area contributed by atoms with E-state index in [1.54, 1.807) is 12.1 Å². The molecule has 1 aromatic rings. The molecule has 0 aliphatic heterocycles. The Labute approximate surface area is 120 Å². The molecule has 1 aliphatic carbocycles. The van der Waals surface area contributed by atoms with Crippen molar-refractivity contribution in [2.24, 2.45) is 11.8 Å². The van der Waals surface area contributed by atoms with Crippen LogP contribution < -0.4 is 5.32 Å². The van der Waals surface area contributed by atoms with Crippen LogP contribution in [0.2, 0.25) is 0 Å². The Morgan fingerprint density at radius 1 is 1.35 bits per heavy atom. The summed E-state index contributed by atoms with van der Waals surface area (Å²) in [5.74, 6) is 1.50. The summed E-state index contributed by atoms with van der Waals surface area (Å²) in [5.41, 5.74) is 2.03. The van der Waals surface area contributed by atoms with Crippen molar-refractivity contribution in [1.29, 1.82) is 0 Å². The second kappa shape index (κ2) is 6.35. The van der Waals surface area contributed by atoms with Crippen LogP contribution in [-0.2, 0) is 6.54 Å². The number of nitrogens with zero attached hydrogens (tertiary/aromatic N) is 1. The van der Waals surface area contributed by atoms with Gasteiger partial charge in [0.25, 0.3) is 5.69 Å². The molecule has 1 N–H and O–H groups in total. The van der Waals surface area contributed by atoms with Crippen molar-refractivity contribution in [2.45, 2.75) is 52.6 Å². The average Bonchev–Trinajstić information content (AvgIpc) is 2.39. The molecule has 110 valence electrons. The van der Waals surface area contributed by atoms with Crippen LogP contribution >= 0.6 is 0 Å². The first-order valence-corrected chi connectivity index (χ1v) is 7.45. The van der Waals surface area contributed by atoms with E-state index in [1.807, 2.05) is 13.0 Å². The summed E-state index contributed by atoms with van der Waals surface area (Å²) in [6.07, 6.45) is 3.75. The van der Waals surface area contributed by atoms with Gasteiger partial charge < -0.3 is 5.32 Å². The lowest BCUT2D eigenvalue weighted by Crippen LogP contribution is -2.38. The summed E-state index contributed by atoms with van der Waals surface area (Å²) in [5, 5.41) is 14.5. The third-order valence-electron chi connectivity index (χ3n) is 4.60. The second-order valence-corrected chi connectivity index (χ2v) is 6.20. The van der Waals surface area contributed by atoms with E-state index in [9.17, 15) is 10.1 Å². The van der Waals surface area contributed by atoms with Crippen molar-refractivity contribution < 1.29 is 4.92 Å². The molecule has 1 fully saturated rings. The number of nitrogens with one attached hydrogen (secondary N) is 1. The minimum atomic E-state index is -0.302. The molecule has 0 saturated heterocycles. The number of rotatable bonds is 4. The summed E-state index contributed by atoms with van der Waals surface area (Å²) in [6, 6.07) is 5.86. The van der Waals surface area contributed by atoms with E-state index < -0.39 is 0 Å². The normalized spacial score (nSPS) is 26.4. The summed E-state index contributed by atoms with van der Waals surface area (Å²) in [4.78, 5) is 10.7. The molecule has 3 unspecified atom stereocenters. The molecule has 4 heteroatoms. The Kier molecular flexibility index (Phi) is 4.76. The van der Waals surface area contributed by atoms with Gasteiger partial charge >= 0.3 is 0 Å². The van der Waals surface area contributed by atoms with Gasteiger partial charge in [0.05, 0.1) is 4.92 Å². The molecule has 0 spiro atoms. The van der Waals surface area contributed by atoms with Crippen molar-refractivity contribution >= 4 is 5.69 Å². The van der Waals surface area contributed by atoms with E-state index in [4.69, 9.17) is 0 Å². The molecular weight excluding hydrogens is 252 g/mol. The van der Waals surface area contributed by atoms with Gasteiger partial charge in [-0.05, 0) is 43.6 Å². The van der Waals surface area contributed by atoms with E-state index >= 15 is 0 Å². The largest absolute Gasteiger partial charge is 0.310 e. The maximum Gasteiger partial charge on any atom is 0.272 e. The molecule has 20 heavy (non-hydrogen) atoms. The van der Waals surface area contributed by atoms with Gasteiger partial charge in [-0.1, -0.05) is 26.0 Å². The number of hydrogen-bond donors (Lipinski definition) is 1. The van der Waals surface area contributed by atoms with Crippen molar-refractivity contribution in [3.05, 3.63) is 39.4 Å². The summed E-state index contributed by atoms with van der Waals surface area (Å²) < 4.78 is 0. The molecule has 0 aromatic heterocycles. The van der Waals surface area contributed by atoms with Crippen LogP contribution in [0.25, 0.3) is 0 Å². The van der Waals surface area contributed by atoms with Crippen LogP contribution in [0, 0.1) is 28.9 Å². The smallest absolute Gasteiger partial charge is 0.272 e. The van der Waals surface area contributed by atoms with E-state index in [2.05, 4.69) is 19.2 Å². The highest BCUT2D eigenvalue weighted by Crippen LogP contribution is 2.29. The SMILES string of the molecule is Cc1c(CNC2CCC(C)CC2C)cccc1[N+](=O)[O-]. The van der Waals surface area contributed by atoms with Crippen molar-refractivity contribution in [2.75, 3.05) is 0 Å². The first-order valence-electron chi connectivity index (χ1n) is 7.45. The second-order valence-electron chi connectivity index (χ2n) is 6.20. The van der Waals surface area contributed by atoms with Gasteiger partial charge in [-0.2, -0.15) is 0 Å². The Hall–Kier alpha value is -1.42. The van der Waals surface area contributed by atoms with Crippen molar-refractivity contribution in [3.63, 3.8) is 0 Å². The van der Waals surface area contributed by atoms with Gasteiger partial charge in [0.15, 0.2) is 0 Å². The number of nitro benzene ring substituents is 1. The lowest BCUT2D eigenvalue weighted by atomic mass is 9.80. The summed E-state index contributed by atoms with van der Waals surface area (Å²) in [7, 11) is 0. The number of benzene rings is 1. The third-order valence-corrected chi connectivity index (χ3v) is 4.60. The van der Waals surface area contributed by atoms with Crippen LogP contribution in [0.1, 0.15) is 44.2 Å². The summed E-state index contributed by atoms with van der Waals surface area (Å²) in [6.45, 7) is 7.17. The number of hydrogen-bond acceptors (Lipinski definition) is 3. The monoisotopic (exact) mass is 276 g/mol. The van der Waals surface area contributed by atoms with Gasteiger partial charge in [0, 0.05) is 24.2 Å². The standard InChI is InChI=1S/C16H24N2O2/c1-11-7-8-15(12(2)9-11)17-10-14-5-4-6-16(13(14)3)18(19)20/h4-6,11-12,15,17H,7-10H2,1-3H3. The zero-order valence-electron chi connectivity index (χ0n) is 12.6. The fraction of sp³-hybridized carbons (Fsp3) is 0.625. The van der Waals surface area contributed by atoms with Gasteiger partial charge in [-0.3, -0.25) is 10.1 Å². The minimum absolute atomic E-state index is 0.217. The molecule has 1 aliphatic rings. The molecule has 0 heterocycles. The van der Waals surface area contributed by atoms with Gasteiger partial charge in [-0.15, -0.1) is 0 Å². The molecule has 2 rings (SSSR count). The van der Waals surface area contributed by atoms with Crippen LogP contribution in [0.5, 0.6) is 0 Å². The van der Waals surface area contributed by atoms with E-state index in [-0.39, 0.29) is 10.6 Å². The van der Waals surface area contributed by atoms with Gasteiger partial charge in [0.2, 0.25) is 0 Å². The van der Waals surface area contributed by atoms with Crippen molar-refractivity contribution in [3.8, 4) is 0 Å². The Bertz CT molecular complexity index is 487. The Morgan fingerprint density at radius 3 is 2.75 bits per heavy atom. The zero-order chi connectivity index (χ0) is 14.7. The van der Waals surface area contributed by atoms with Gasteiger partial charge in [-0.25, -0.2) is 0 Å². The molecule has 1 saturated carbocycles. The quantitative estimate of drug-likeness (QED) is 0.672. The minimum Gasteiger partial charge on any atom is -0.310 e. The highest BCUT2D eigenvalue weighted by atomic mass is 16.6. The van der Waals surface area contributed by atoms with Crippen molar-refractivity contribution in [1.82, 2.24) is 5.32 Å². The van der Waals surface area contributed by atoms with Crippen LogP contribution in [0.3, 0.4) is 0 Å². The fourth-order valence-electron chi connectivity index (χ4n) is 3.27. The average molecular weight is 276 g/mol. The van der Waals surface area contributed by atoms with E-state index in [0.717, 1.165) is 23.6 Å². The lowest BCUT2D eigenvalue weighted by molar-refractivity contribution is -0.385. The topological polar surface area (TPSA) is 55.2 Å². The molecule has 0 bridgehead atoms. The highest BCUT2D eigenvalue weighted by Gasteiger charge is 2.25. The molecule has 0 amide bonds. The Balaban J connectivity index is 2.01. The third kappa shape index (κ3) is 3.37. The van der Waals surface area contributed by atoms with Crippen LogP contribution in [-0.4, -0.2) is 11.0 Å². The fourth-order valence-corrected chi connectivity index (χ4v) is 3.27.